The lowest BCUT2D eigenvalue weighted by atomic mass is 10.1. The number of carbonyl (C=O) groups excluding carboxylic acids is 1. The molecule has 13 heavy (non-hydrogen) atoms. The maximum atomic E-state index is 11.3. The van der Waals surface area contributed by atoms with Gasteiger partial charge < -0.3 is 10.6 Å². The number of benzene rings is 1. The van der Waals surface area contributed by atoms with E-state index in [1.807, 2.05) is 25.1 Å². The maximum Gasteiger partial charge on any atom is 0.246 e. The van der Waals surface area contributed by atoms with E-state index < -0.39 is 0 Å². The van der Waals surface area contributed by atoms with Crippen LogP contribution in [0.2, 0.25) is 0 Å². The minimum absolute atomic E-state index is 0.00519. The van der Waals surface area contributed by atoms with Crippen LogP contribution >= 0.6 is 15.9 Å². The molecule has 1 atom stereocenters. The number of halogens is 1. The lowest BCUT2D eigenvalue weighted by molar-refractivity contribution is -0.116. The summed E-state index contributed by atoms with van der Waals surface area (Å²) in [5, 5.41) is 5.94. The lowest BCUT2D eigenvalue weighted by Crippen LogP contribution is -2.36. The topological polar surface area (TPSA) is 41.1 Å². The number of nitrogens with one attached hydrogen (secondary N) is 2. The first-order valence-electron chi connectivity index (χ1n) is 4.04. The van der Waals surface area contributed by atoms with Crippen molar-refractivity contribution in [2.75, 3.05) is 10.6 Å². The molecule has 1 unspecified atom stereocenters. The van der Waals surface area contributed by atoms with E-state index in [4.69, 9.17) is 0 Å². The molecule has 0 aliphatic carbocycles. The highest BCUT2D eigenvalue weighted by Crippen LogP contribution is 2.33. The van der Waals surface area contributed by atoms with E-state index in [2.05, 4.69) is 26.6 Å². The number of rotatable bonds is 0. The van der Waals surface area contributed by atoms with Gasteiger partial charge in [0.2, 0.25) is 5.91 Å². The van der Waals surface area contributed by atoms with Crippen LogP contribution in [0.4, 0.5) is 11.4 Å². The first-order chi connectivity index (χ1) is 6.18. The molecule has 4 heteroatoms. The minimum atomic E-state index is -0.175. The molecule has 0 bridgehead atoms. The molecule has 68 valence electrons. The summed E-state index contributed by atoms with van der Waals surface area (Å²) in [5.41, 5.74) is 1.78. The molecular formula is C9H9BrN2O. The Bertz CT molecular complexity index is 365. The molecule has 1 aliphatic heterocycles. The summed E-state index contributed by atoms with van der Waals surface area (Å²) in [4.78, 5) is 11.3. The maximum absolute atomic E-state index is 11.3. The normalized spacial score (nSPS) is 20.2. The van der Waals surface area contributed by atoms with Crippen LogP contribution in [0.25, 0.3) is 0 Å². The van der Waals surface area contributed by atoms with E-state index in [1.165, 1.54) is 0 Å². The van der Waals surface area contributed by atoms with Crippen LogP contribution in [0.3, 0.4) is 0 Å². The predicted octanol–water partition coefficient (Wildman–Crippen LogP) is 2.20. The molecule has 0 fully saturated rings. The first-order valence-corrected chi connectivity index (χ1v) is 4.83. The van der Waals surface area contributed by atoms with Crippen LogP contribution in [-0.4, -0.2) is 11.9 Å². The van der Waals surface area contributed by atoms with Gasteiger partial charge in [0.05, 0.1) is 11.4 Å². The molecule has 0 radical (unpaired) electrons. The van der Waals surface area contributed by atoms with E-state index in [0.717, 1.165) is 15.8 Å². The number of fused-ring (bicyclic) bond motifs is 1. The molecule has 1 aliphatic rings. The second-order valence-electron chi connectivity index (χ2n) is 3.02. The van der Waals surface area contributed by atoms with Crippen LogP contribution in [-0.2, 0) is 4.79 Å². The van der Waals surface area contributed by atoms with Crippen LogP contribution in [0.5, 0.6) is 0 Å². The number of hydrogen-bond acceptors (Lipinski definition) is 2. The number of para-hydroxylation sites is 1. The van der Waals surface area contributed by atoms with Crippen molar-refractivity contribution in [3.63, 3.8) is 0 Å². The van der Waals surface area contributed by atoms with Crippen molar-refractivity contribution in [1.82, 2.24) is 0 Å². The van der Waals surface area contributed by atoms with E-state index >= 15 is 0 Å². The first kappa shape index (κ1) is 8.56. The molecule has 0 saturated heterocycles. The Morgan fingerprint density at radius 3 is 3.00 bits per heavy atom. The van der Waals surface area contributed by atoms with Crippen LogP contribution < -0.4 is 10.6 Å². The molecule has 1 aromatic rings. The van der Waals surface area contributed by atoms with Gasteiger partial charge in [0, 0.05) is 4.47 Å². The fourth-order valence-electron chi connectivity index (χ4n) is 1.30. The molecule has 2 N–H and O–H groups in total. The third-order valence-electron chi connectivity index (χ3n) is 2.03. The molecule has 1 heterocycles. The van der Waals surface area contributed by atoms with Gasteiger partial charge in [-0.15, -0.1) is 0 Å². The summed E-state index contributed by atoms with van der Waals surface area (Å²) in [6.45, 7) is 1.83. The number of amides is 1. The summed E-state index contributed by atoms with van der Waals surface area (Å²) in [6.07, 6.45) is 0. The van der Waals surface area contributed by atoms with Gasteiger partial charge in [-0.2, -0.15) is 0 Å². The lowest BCUT2D eigenvalue weighted by Gasteiger charge is -2.24. The smallest absolute Gasteiger partial charge is 0.246 e. The van der Waals surface area contributed by atoms with Crippen molar-refractivity contribution < 1.29 is 4.79 Å². The molecule has 2 rings (SSSR count). The van der Waals surface area contributed by atoms with Gasteiger partial charge in [0.1, 0.15) is 6.04 Å². The molecule has 0 saturated carbocycles. The summed E-state index contributed by atoms with van der Waals surface area (Å²) >= 11 is 3.42. The summed E-state index contributed by atoms with van der Waals surface area (Å²) in [6, 6.07) is 5.53. The highest BCUT2D eigenvalue weighted by atomic mass is 79.9. The Morgan fingerprint density at radius 1 is 1.46 bits per heavy atom. The van der Waals surface area contributed by atoms with Gasteiger partial charge in [-0.05, 0) is 35.0 Å². The highest BCUT2D eigenvalue weighted by molar-refractivity contribution is 9.10. The van der Waals surface area contributed by atoms with E-state index in [1.54, 1.807) is 0 Å². The molecule has 3 nitrogen and oxygen atoms in total. The van der Waals surface area contributed by atoms with Gasteiger partial charge in [-0.3, -0.25) is 4.79 Å². The van der Waals surface area contributed by atoms with Crippen LogP contribution in [0.1, 0.15) is 6.92 Å². The van der Waals surface area contributed by atoms with Crippen LogP contribution in [0.15, 0.2) is 22.7 Å². The van der Waals surface area contributed by atoms with Crippen molar-refractivity contribution in [1.29, 1.82) is 0 Å². The van der Waals surface area contributed by atoms with Crippen molar-refractivity contribution in [2.24, 2.45) is 0 Å². The van der Waals surface area contributed by atoms with Gasteiger partial charge >= 0.3 is 0 Å². The average molecular weight is 241 g/mol. The quantitative estimate of drug-likeness (QED) is 0.731. The van der Waals surface area contributed by atoms with Gasteiger partial charge in [0.25, 0.3) is 0 Å². The van der Waals surface area contributed by atoms with E-state index in [-0.39, 0.29) is 11.9 Å². The average Bonchev–Trinajstić information content (AvgIpc) is 2.09. The second-order valence-corrected chi connectivity index (χ2v) is 3.87. The zero-order valence-corrected chi connectivity index (χ0v) is 8.68. The molecule has 1 amide bonds. The van der Waals surface area contributed by atoms with E-state index in [0.29, 0.717) is 0 Å². The van der Waals surface area contributed by atoms with Crippen molar-refractivity contribution in [3.8, 4) is 0 Å². The fourth-order valence-corrected chi connectivity index (χ4v) is 1.78. The minimum Gasteiger partial charge on any atom is -0.371 e. The predicted molar refractivity (Wildman–Crippen MR) is 55.9 cm³/mol. The Morgan fingerprint density at radius 2 is 2.23 bits per heavy atom. The number of hydrogen-bond donors (Lipinski definition) is 2. The summed E-state index contributed by atoms with van der Waals surface area (Å²) in [7, 11) is 0. The summed E-state index contributed by atoms with van der Waals surface area (Å²) < 4.78 is 0.969. The highest BCUT2D eigenvalue weighted by Gasteiger charge is 2.22. The van der Waals surface area contributed by atoms with Gasteiger partial charge in [-0.1, -0.05) is 6.07 Å². The third-order valence-corrected chi connectivity index (χ3v) is 2.69. The summed E-state index contributed by atoms with van der Waals surface area (Å²) in [5.74, 6) is 0.00519. The zero-order chi connectivity index (χ0) is 9.42. The second kappa shape index (κ2) is 3.03. The van der Waals surface area contributed by atoms with Crippen molar-refractivity contribution in [3.05, 3.63) is 22.7 Å². The van der Waals surface area contributed by atoms with Crippen LogP contribution in [0, 0.1) is 0 Å². The van der Waals surface area contributed by atoms with E-state index in [9.17, 15) is 4.79 Å². The van der Waals surface area contributed by atoms with Crippen molar-refractivity contribution >= 4 is 33.2 Å². The Hall–Kier alpha value is -1.03. The fraction of sp³-hybridized carbons (Fsp3) is 0.222. The Labute approximate surface area is 84.6 Å². The van der Waals surface area contributed by atoms with Crippen molar-refractivity contribution in [2.45, 2.75) is 13.0 Å². The molecule has 0 aromatic heterocycles. The third kappa shape index (κ3) is 1.42. The molecule has 1 aromatic carbocycles. The number of anilines is 2. The monoisotopic (exact) mass is 240 g/mol. The molecular weight excluding hydrogens is 232 g/mol. The number of carbonyl (C=O) groups is 1. The molecule has 0 spiro atoms. The Balaban J connectivity index is 2.48. The standard InChI is InChI=1S/C9H9BrN2O/c1-5-9(13)12-7-4-2-3-6(10)8(7)11-5/h2-5,11H,1H3,(H,12,13). The largest absolute Gasteiger partial charge is 0.371 e. The SMILES string of the molecule is CC1Nc2c(Br)cccc2NC1=O. The Kier molecular flexibility index (Phi) is 2.00. The van der Waals surface area contributed by atoms with Gasteiger partial charge in [-0.25, -0.2) is 0 Å². The van der Waals surface area contributed by atoms with Gasteiger partial charge in [0.15, 0.2) is 0 Å². The zero-order valence-electron chi connectivity index (χ0n) is 7.10.